The van der Waals surface area contributed by atoms with E-state index in [0.717, 1.165) is 49.7 Å². The van der Waals surface area contributed by atoms with Crippen LogP contribution in [0.3, 0.4) is 0 Å². The van der Waals surface area contributed by atoms with E-state index in [1.165, 1.54) is 53.2 Å². The standard InChI is InChI=1S/C25H42BrN3O3S/c1-5-29(33(30,31)27(2)3)23-8-6-20(7-9-23)12-15-28-16-13-21(14-17-28)18-22-19-24(32-4)10-11-25(22)26/h10-11,19-21,23H,5-9,12-18H2,1-4H3. The van der Waals surface area contributed by atoms with Crippen molar-refractivity contribution in [3.05, 3.63) is 28.2 Å². The summed E-state index contributed by atoms with van der Waals surface area (Å²) in [5, 5.41) is 0. The van der Waals surface area contributed by atoms with E-state index in [-0.39, 0.29) is 6.04 Å². The zero-order valence-electron chi connectivity index (χ0n) is 20.8. The molecular weight excluding hydrogens is 502 g/mol. The first-order chi connectivity index (χ1) is 15.7. The van der Waals surface area contributed by atoms with Crippen LogP contribution in [-0.2, 0) is 16.6 Å². The van der Waals surface area contributed by atoms with Gasteiger partial charge >= 0.3 is 0 Å². The third-order valence-electron chi connectivity index (χ3n) is 7.62. The number of likely N-dealkylation sites (tertiary alicyclic amines) is 1. The van der Waals surface area contributed by atoms with Crippen LogP contribution in [0.5, 0.6) is 5.75 Å². The summed E-state index contributed by atoms with van der Waals surface area (Å²) in [6.45, 7) is 6.05. The Morgan fingerprint density at radius 2 is 1.73 bits per heavy atom. The number of hydrogen-bond acceptors (Lipinski definition) is 4. The van der Waals surface area contributed by atoms with Gasteiger partial charge in [0.05, 0.1) is 7.11 Å². The van der Waals surface area contributed by atoms with Crippen LogP contribution in [0.1, 0.15) is 57.4 Å². The van der Waals surface area contributed by atoms with Gasteiger partial charge in [-0.2, -0.15) is 17.0 Å². The number of nitrogens with zero attached hydrogens (tertiary/aromatic N) is 3. The summed E-state index contributed by atoms with van der Waals surface area (Å²) in [4.78, 5) is 2.64. The van der Waals surface area contributed by atoms with Crippen LogP contribution in [0, 0.1) is 11.8 Å². The molecule has 8 heteroatoms. The van der Waals surface area contributed by atoms with E-state index < -0.39 is 10.2 Å². The van der Waals surface area contributed by atoms with Crippen molar-refractivity contribution in [2.75, 3.05) is 47.4 Å². The first-order valence-electron chi connectivity index (χ1n) is 12.5. The van der Waals surface area contributed by atoms with Gasteiger partial charge in [0.15, 0.2) is 0 Å². The maximum atomic E-state index is 12.6. The lowest BCUT2D eigenvalue weighted by Crippen LogP contribution is -2.47. The fourth-order valence-corrected chi connectivity index (χ4v) is 7.21. The molecule has 188 valence electrons. The molecule has 33 heavy (non-hydrogen) atoms. The summed E-state index contributed by atoms with van der Waals surface area (Å²) in [7, 11) is 1.66. The molecule has 0 N–H and O–H groups in total. The second-order valence-corrected chi connectivity index (χ2v) is 12.9. The van der Waals surface area contributed by atoms with E-state index in [4.69, 9.17) is 4.74 Å². The molecule has 0 aromatic heterocycles. The molecule has 2 fully saturated rings. The number of ether oxygens (including phenoxy) is 1. The lowest BCUT2D eigenvalue weighted by atomic mass is 9.83. The number of halogens is 1. The highest BCUT2D eigenvalue weighted by Crippen LogP contribution is 2.32. The second kappa shape index (κ2) is 12.3. The molecular formula is C25H42BrN3O3S. The van der Waals surface area contributed by atoms with Gasteiger partial charge in [-0.3, -0.25) is 0 Å². The fraction of sp³-hybridized carbons (Fsp3) is 0.760. The zero-order valence-corrected chi connectivity index (χ0v) is 23.2. The molecule has 0 amide bonds. The SMILES string of the molecule is CCN(C1CCC(CCN2CCC(Cc3cc(OC)ccc3Br)CC2)CC1)S(=O)(=O)N(C)C. The van der Waals surface area contributed by atoms with Crippen LogP contribution in [0.2, 0.25) is 0 Å². The number of piperidine rings is 1. The molecule has 0 atom stereocenters. The normalized spacial score (nSPS) is 23.4. The minimum absolute atomic E-state index is 0.158. The number of methoxy groups -OCH3 is 1. The predicted octanol–water partition coefficient (Wildman–Crippen LogP) is 4.79. The summed E-state index contributed by atoms with van der Waals surface area (Å²) < 4.78 is 34.8. The Balaban J connectivity index is 1.39. The molecule has 1 aliphatic carbocycles. The summed E-state index contributed by atoms with van der Waals surface area (Å²) in [6.07, 6.45) is 9.13. The highest BCUT2D eigenvalue weighted by molar-refractivity contribution is 9.10. The van der Waals surface area contributed by atoms with Gasteiger partial charge in [-0.1, -0.05) is 22.9 Å². The Morgan fingerprint density at radius 3 is 2.30 bits per heavy atom. The van der Waals surface area contributed by atoms with Crippen molar-refractivity contribution < 1.29 is 13.2 Å². The molecule has 3 rings (SSSR count). The van der Waals surface area contributed by atoms with Gasteiger partial charge in [0.2, 0.25) is 0 Å². The van der Waals surface area contributed by atoms with Crippen LogP contribution >= 0.6 is 15.9 Å². The van der Waals surface area contributed by atoms with Crippen molar-refractivity contribution >= 4 is 26.1 Å². The fourth-order valence-electron chi connectivity index (χ4n) is 5.47. The zero-order chi connectivity index (χ0) is 24.0. The molecule has 0 radical (unpaired) electrons. The summed E-state index contributed by atoms with van der Waals surface area (Å²) >= 11 is 3.70. The Bertz CT molecular complexity index is 848. The van der Waals surface area contributed by atoms with Gasteiger partial charge in [0.25, 0.3) is 10.2 Å². The van der Waals surface area contributed by atoms with Gasteiger partial charge in [-0.25, -0.2) is 0 Å². The first-order valence-corrected chi connectivity index (χ1v) is 14.7. The lowest BCUT2D eigenvalue weighted by Gasteiger charge is -2.38. The van der Waals surface area contributed by atoms with Gasteiger partial charge in [-0.15, -0.1) is 0 Å². The Morgan fingerprint density at radius 1 is 1.06 bits per heavy atom. The van der Waals surface area contributed by atoms with Crippen LogP contribution < -0.4 is 4.74 Å². The van der Waals surface area contributed by atoms with E-state index in [2.05, 4.69) is 33.0 Å². The molecule has 2 aliphatic rings. The second-order valence-electron chi connectivity index (χ2n) is 9.90. The van der Waals surface area contributed by atoms with Crippen molar-refractivity contribution in [2.45, 2.75) is 64.3 Å². The average molecular weight is 545 g/mol. The van der Waals surface area contributed by atoms with E-state index in [1.807, 2.05) is 13.0 Å². The summed E-state index contributed by atoms with van der Waals surface area (Å²) in [5.74, 6) is 2.40. The highest BCUT2D eigenvalue weighted by atomic mass is 79.9. The quantitative estimate of drug-likeness (QED) is 0.425. The Hall–Kier alpha value is -0.670. The van der Waals surface area contributed by atoms with Crippen molar-refractivity contribution in [3.8, 4) is 5.75 Å². The molecule has 1 heterocycles. The van der Waals surface area contributed by atoms with Gasteiger partial charge < -0.3 is 9.64 Å². The molecule has 0 spiro atoms. The minimum atomic E-state index is -3.32. The smallest absolute Gasteiger partial charge is 0.281 e. The molecule has 1 aromatic rings. The first kappa shape index (κ1) is 26.9. The van der Waals surface area contributed by atoms with Crippen molar-refractivity contribution in [1.29, 1.82) is 0 Å². The van der Waals surface area contributed by atoms with Gasteiger partial charge in [0, 0.05) is 31.2 Å². The molecule has 0 bridgehead atoms. The van der Waals surface area contributed by atoms with E-state index in [9.17, 15) is 8.42 Å². The van der Waals surface area contributed by atoms with E-state index in [1.54, 1.807) is 25.5 Å². The third kappa shape index (κ3) is 7.17. The Labute approximate surface area is 210 Å². The van der Waals surface area contributed by atoms with E-state index >= 15 is 0 Å². The van der Waals surface area contributed by atoms with Crippen LogP contribution in [0.15, 0.2) is 22.7 Å². The van der Waals surface area contributed by atoms with Crippen LogP contribution in [-0.4, -0.2) is 75.4 Å². The highest BCUT2D eigenvalue weighted by Gasteiger charge is 2.33. The maximum Gasteiger partial charge on any atom is 0.281 e. The third-order valence-corrected chi connectivity index (χ3v) is 10.5. The number of benzene rings is 1. The molecule has 1 saturated carbocycles. The molecule has 1 saturated heterocycles. The summed E-state index contributed by atoms with van der Waals surface area (Å²) in [5.41, 5.74) is 1.35. The van der Waals surface area contributed by atoms with Crippen molar-refractivity contribution in [2.24, 2.45) is 11.8 Å². The van der Waals surface area contributed by atoms with Crippen molar-refractivity contribution in [1.82, 2.24) is 13.5 Å². The Kier molecular flexibility index (Phi) is 10.1. The number of rotatable bonds is 10. The molecule has 6 nitrogen and oxygen atoms in total. The molecule has 1 aromatic carbocycles. The van der Waals surface area contributed by atoms with E-state index in [0.29, 0.717) is 6.54 Å². The monoisotopic (exact) mass is 543 g/mol. The van der Waals surface area contributed by atoms with Crippen molar-refractivity contribution in [3.63, 3.8) is 0 Å². The largest absolute Gasteiger partial charge is 0.497 e. The lowest BCUT2D eigenvalue weighted by molar-refractivity contribution is 0.155. The van der Waals surface area contributed by atoms with Gasteiger partial charge in [-0.05, 0) is 107 Å². The van der Waals surface area contributed by atoms with Crippen LogP contribution in [0.25, 0.3) is 0 Å². The number of hydrogen-bond donors (Lipinski definition) is 0. The minimum Gasteiger partial charge on any atom is -0.497 e. The molecule has 0 unspecified atom stereocenters. The predicted molar refractivity (Wildman–Crippen MR) is 139 cm³/mol. The maximum absolute atomic E-state index is 12.6. The van der Waals surface area contributed by atoms with Crippen LogP contribution in [0.4, 0.5) is 0 Å². The summed E-state index contributed by atoms with van der Waals surface area (Å²) in [6, 6.07) is 6.42. The van der Waals surface area contributed by atoms with Gasteiger partial charge in [0.1, 0.15) is 5.75 Å². The average Bonchev–Trinajstić information content (AvgIpc) is 2.81. The topological polar surface area (TPSA) is 53.1 Å². The molecule has 1 aliphatic heterocycles.